The third-order valence-electron chi connectivity index (χ3n) is 0.1000. The Bertz CT molecular complexity index is 79.4. The van der Waals surface area contributed by atoms with Crippen LogP contribution in [0.2, 0.25) is 0 Å². The molecular weight excluding hydrogens is 130 g/mol. The van der Waals surface area contributed by atoms with Crippen LogP contribution < -0.4 is 0 Å². The third kappa shape index (κ3) is 150. The lowest BCUT2D eigenvalue weighted by atomic mass is 11.6. The van der Waals surface area contributed by atoms with Gasteiger partial charge in [-0.05, 0) is 0 Å². The molecule has 4 heteroatoms. The predicted octanol–water partition coefficient (Wildman–Crippen LogP) is 0.536. The monoisotopic (exact) mass is 137 g/mol. The maximum atomic E-state index is 6.88. The van der Waals surface area contributed by atoms with Gasteiger partial charge in [0.05, 0.1) is 0 Å². The summed E-state index contributed by atoms with van der Waals surface area (Å²) in [7, 11) is 2.22. The van der Waals surface area contributed by atoms with Crippen LogP contribution in [0.4, 0.5) is 0 Å². The second kappa shape index (κ2) is 17.2. The van der Waals surface area contributed by atoms with E-state index in [1.807, 2.05) is 0 Å². The zero-order valence-corrected chi connectivity index (χ0v) is 5.49. The Morgan fingerprint density at radius 2 is 1.57 bits per heavy atom. The molecule has 0 bridgehead atoms. The van der Waals surface area contributed by atoms with Crippen molar-refractivity contribution in [3.8, 4) is 6.26 Å². The summed E-state index contributed by atoms with van der Waals surface area (Å²) in [6, 6.07) is 0. The molecule has 42 valence electrons. The van der Waals surface area contributed by atoms with Gasteiger partial charge in [0.1, 0.15) is 0 Å². The number of aliphatic hydroxyl groups excluding tert-OH is 1. The fraction of sp³-hybridized carbons (Fsp3) is 0. The smallest absolute Gasteiger partial charge is 0.283 e. The number of hydrogen-bond donors (Lipinski definition) is 3. The number of rotatable bonds is 1. The fourth-order valence-electron chi connectivity index (χ4n) is 0. The predicted molar refractivity (Wildman–Crippen MR) is 39.8 cm³/mol. The summed E-state index contributed by atoms with van der Waals surface area (Å²) in [6.45, 7) is 0. The summed E-state index contributed by atoms with van der Waals surface area (Å²) in [6.07, 6.45) is 0.750. The highest BCUT2D eigenvalue weighted by molar-refractivity contribution is 8.73. The molecule has 0 aromatic rings. The average molecular weight is 137 g/mol. The normalized spacial score (nSPS) is 5.00. The molecule has 0 radical (unpaired) electrons. The topological polar surface area (TPSA) is 44.0 Å². The first-order valence-electron chi connectivity index (χ1n) is 1.28. The SMILES string of the molecule is C=[SH][SH]=C.N#CO. The number of nitriles is 1. The van der Waals surface area contributed by atoms with Crippen molar-refractivity contribution < 1.29 is 5.11 Å². The number of nitrogens with zero attached hydrogens (tertiary/aromatic N) is 1. The Balaban J connectivity index is 0. The van der Waals surface area contributed by atoms with Crippen LogP contribution in [0.25, 0.3) is 0 Å². The molecule has 0 rings (SSSR count). The lowest BCUT2D eigenvalue weighted by Crippen LogP contribution is -1.27. The molecule has 0 amide bonds. The van der Waals surface area contributed by atoms with Gasteiger partial charge in [-0.1, -0.05) is 11.7 Å². The van der Waals surface area contributed by atoms with Gasteiger partial charge >= 0.3 is 0 Å². The maximum Gasteiger partial charge on any atom is 0.283 e. The van der Waals surface area contributed by atoms with Gasteiger partial charge in [0.2, 0.25) is 0 Å². The van der Waals surface area contributed by atoms with Gasteiger partial charge in [0, 0.05) is 0 Å². The van der Waals surface area contributed by atoms with Gasteiger partial charge in [-0.3, -0.25) is 0 Å². The molecule has 0 fully saturated rings. The van der Waals surface area contributed by atoms with Gasteiger partial charge in [-0.25, -0.2) is 0 Å². The van der Waals surface area contributed by atoms with Gasteiger partial charge in [0.15, 0.2) is 0 Å². The first-order valence-corrected chi connectivity index (χ1v) is 4.14. The second-order valence-corrected chi connectivity index (χ2v) is 2.65. The van der Waals surface area contributed by atoms with Crippen LogP contribution in [0.5, 0.6) is 0 Å². The van der Waals surface area contributed by atoms with E-state index in [2.05, 4.69) is 11.7 Å². The Hall–Kier alpha value is -0.270. The molecule has 0 saturated carbocycles. The minimum Gasteiger partial charge on any atom is -0.443 e. The van der Waals surface area contributed by atoms with Crippen molar-refractivity contribution in [2.75, 3.05) is 0 Å². The van der Waals surface area contributed by atoms with Crippen LogP contribution in [0.1, 0.15) is 0 Å². The minimum atomic E-state index is 0.750. The van der Waals surface area contributed by atoms with E-state index in [-0.39, 0.29) is 0 Å². The second-order valence-electron chi connectivity index (χ2n) is 0.383. The van der Waals surface area contributed by atoms with E-state index in [1.165, 1.54) is 0 Å². The first-order chi connectivity index (χ1) is 3.33. The van der Waals surface area contributed by atoms with Crippen LogP contribution >= 0.6 is 20.8 Å². The van der Waals surface area contributed by atoms with Crippen molar-refractivity contribution >= 4 is 32.5 Å². The van der Waals surface area contributed by atoms with Crippen LogP contribution in [0, 0.1) is 11.5 Å². The van der Waals surface area contributed by atoms with Crippen molar-refractivity contribution in [3.05, 3.63) is 0 Å². The molecule has 0 aliphatic heterocycles. The van der Waals surface area contributed by atoms with Crippen molar-refractivity contribution in [3.63, 3.8) is 0 Å². The zero-order chi connectivity index (χ0) is 6.12. The molecule has 2 nitrogen and oxygen atoms in total. The van der Waals surface area contributed by atoms with E-state index in [1.54, 1.807) is 0 Å². The lowest BCUT2D eigenvalue weighted by Gasteiger charge is -1.51. The van der Waals surface area contributed by atoms with Gasteiger partial charge in [-0.2, -0.15) is 26.0 Å². The summed E-state index contributed by atoms with van der Waals surface area (Å²) >= 11 is 0. The summed E-state index contributed by atoms with van der Waals surface area (Å²) in [4.78, 5) is 0. The van der Waals surface area contributed by atoms with Crippen LogP contribution in [0.15, 0.2) is 0 Å². The summed E-state index contributed by atoms with van der Waals surface area (Å²) in [5, 5.41) is 13.8. The highest BCUT2D eigenvalue weighted by Gasteiger charge is 1.23. The van der Waals surface area contributed by atoms with Crippen LogP contribution in [0.3, 0.4) is 0 Å². The van der Waals surface area contributed by atoms with E-state index in [9.17, 15) is 0 Å². The molecule has 0 aliphatic rings. The largest absolute Gasteiger partial charge is 0.443 e. The van der Waals surface area contributed by atoms with Gasteiger partial charge in [0.25, 0.3) is 6.26 Å². The Labute approximate surface area is 49.7 Å². The van der Waals surface area contributed by atoms with Gasteiger partial charge < -0.3 is 5.11 Å². The zero-order valence-electron chi connectivity index (χ0n) is 3.70. The molecule has 0 heterocycles. The van der Waals surface area contributed by atoms with Crippen molar-refractivity contribution in [2.24, 2.45) is 0 Å². The quantitative estimate of drug-likeness (QED) is 0.214. The number of thiol groups is 2. The van der Waals surface area contributed by atoms with Gasteiger partial charge in [-0.15, -0.1) is 0 Å². The molecule has 0 saturated heterocycles. The summed E-state index contributed by atoms with van der Waals surface area (Å²) in [5.41, 5.74) is 0. The average Bonchev–Trinajstić information content (AvgIpc) is 1.69. The molecule has 0 unspecified atom stereocenters. The molecular formula is C3H7NOS2. The van der Waals surface area contributed by atoms with Crippen molar-refractivity contribution in [1.29, 1.82) is 5.26 Å². The molecule has 7 heavy (non-hydrogen) atoms. The van der Waals surface area contributed by atoms with Crippen molar-refractivity contribution in [1.82, 2.24) is 0 Å². The molecule has 0 atom stereocenters. The Morgan fingerprint density at radius 3 is 1.57 bits per heavy atom. The first kappa shape index (κ1) is 9.88. The van der Waals surface area contributed by atoms with E-state index >= 15 is 0 Å². The molecule has 0 aliphatic carbocycles. The summed E-state index contributed by atoms with van der Waals surface area (Å²) < 4.78 is 0. The number of aliphatic hydroxyl groups is 1. The van der Waals surface area contributed by atoms with Crippen LogP contribution in [-0.4, -0.2) is 16.8 Å². The third-order valence-corrected chi connectivity index (χ3v) is 0.900. The summed E-state index contributed by atoms with van der Waals surface area (Å²) in [5.74, 6) is 7.00. The maximum absolute atomic E-state index is 6.88. The van der Waals surface area contributed by atoms with E-state index in [0.717, 1.165) is 27.0 Å². The highest BCUT2D eigenvalue weighted by Crippen LogP contribution is 1.88. The minimum absolute atomic E-state index is 0.750. The fourth-order valence-corrected chi connectivity index (χ4v) is 0. The highest BCUT2D eigenvalue weighted by atomic mass is 33.1. The molecule has 0 spiro atoms. The molecule has 0 aromatic heterocycles. The Kier molecular flexibility index (Phi) is 24.3. The molecule has 0 aromatic carbocycles. The van der Waals surface area contributed by atoms with Crippen LogP contribution in [-0.2, 0) is 0 Å². The van der Waals surface area contributed by atoms with Crippen molar-refractivity contribution in [2.45, 2.75) is 0 Å². The number of hydrogen-bond acceptors (Lipinski definition) is 2. The lowest BCUT2D eigenvalue weighted by molar-refractivity contribution is 0.503. The van der Waals surface area contributed by atoms with E-state index < -0.39 is 0 Å². The van der Waals surface area contributed by atoms with E-state index in [0.29, 0.717) is 0 Å². The standard InChI is InChI=1S/C2H6S2.CHNO/c1-3-4-2;2-1-3/h3-4H,1-2H2;3H. The molecule has 1 N–H and O–H groups in total. The van der Waals surface area contributed by atoms with E-state index in [4.69, 9.17) is 10.4 Å². The Morgan fingerprint density at radius 1 is 1.43 bits per heavy atom.